The molecule has 2 aromatic rings. The second kappa shape index (κ2) is 5.14. The Morgan fingerprint density at radius 1 is 1.42 bits per heavy atom. The number of aromatic carboxylic acids is 1. The molecule has 0 bridgehead atoms. The number of hydrogen-bond donors (Lipinski definition) is 2. The van der Waals surface area contributed by atoms with Crippen molar-refractivity contribution in [1.82, 2.24) is 9.97 Å². The Bertz CT molecular complexity index is 602. The molecule has 5 nitrogen and oxygen atoms in total. The molecule has 5 heteroatoms. The zero-order valence-electron chi connectivity index (χ0n) is 11.1. The predicted octanol–water partition coefficient (Wildman–Crippen LogP) is 2.91. The Morgan fingerprint density at radius 3 is 2.68 bits per heavy atom. The number of carbonyl (C=O) groups is 1. The smallest absolute Gasteiger partial charge is 0.371 e. The van der Waals surface area contributed by atoms with Crippen molar-refractivity contribution in [1.29, 1.82) is 0 Å². The first-order valence-corrected chi connectivity index (χ1v) is 5.99. The summed E-state index contributed by atoms with van der Waals surface area (Å²) in [5, 5.41) is 8.86. The topological polar surface area (TPSA) is 75.2 Å². The van der Waals surface area contributed by atoms with Gasteiger partial charge in [0.25, 0.3) is 0 Å². The van der Waals surface area contributed by atoms with Gasteiger partial charge in [0.2, 0.25) is 5.82 Å². The van der Waals surface area contributed by atoms with E-state index in [0.717, 1.165) is 16.9 Å². The van der Waals surface area contributed by atoms with Crippen molar-refractivity contribution in [3.05, 3.63) is 35.8 Å². The Balaban J connectivity index is 2.44. The highest BCUT2D eigenvalue weighted by atomic mass is 16.5. The van der Waals surface area contributed by atoms with Crippen molar-refractivity contribution in [2.45, 2.75) is 19.8 Å². The van der Waals surface area contributed by atoms with E-state index in [2.05, 4.69) is 23.8 Å². The zero-order chi connectivity index (χ0) is 14.0. The molecular formula is C14H16N2O3. The quantitative estimate of drug-likeness (QED) is 0.886. The monoisotopic (exact) mass is 260 g/mol. The van der Waals surface area contributed by atoms with E-state index in [1.807, 2.05) is 18.2 Å². The Hall–Kier alpha value is -2.30. The summed E-state index contributed by atoms with van der Waals surface area (Å²) < 4.78 is 5.32. The summed E-state index contributed by atoms with van der Waals surface area (Å²) in [5.74, 6) is 0.0225. The largest absolute Gasteiger partial charge is 0.496 e. The maximum atomic E-state index is 10.8. The van der Waals surface area contributed by atoms with Gasteiger partial charge in [-0.2, -0.15) is 0 Å². The van der Waals surface area contributed by atoms with Gasteiger partial charge in [0.05, 0.1) is 19.0 Å². The molecule has 0 aliphatic carbocycles. The molecule has 1 aromatic heterocycles. The van der Waals surface area contributed by atoms with E-state index in [1.165, 1.54) is 6.20 Å². The lowest BCUT2D eigenvalue weighted by atomic mass is 9.98. The minimum absolute atomic E-state index is 0.0584. The number of carboxylic acid groups (broad SMARTS) is 1. The SMILES string of the molecule is COc1ccc(-c2cnc(C(=O)O)[nH]2)cc1C(C)C. The van der Waals surface area contributed by atoms with Gasteiger partial charge < -0.3 is 14.8 Å². The second-order valence-corrected chi connectivity index (χ2v) is 4.56. The number of benzene rings is 1. The van der Waals surface area contributed by atoms with Crippen molar-refractivity contribution in [2.75, 3.05) is 7.11 Å². The van der Waals surface area contributed by atoms with Gasteiger partial charge in [0.15, 0.2) is 0 Å². The van der Waals surface area contributed by atoms with Gasteiger partial charge in [-0.25, -0.2) is 9.78 Å². The third kappa shape index (κ3) is 2.59. The van der Waals surface area contributed by atoms with Gasteiger partial charge in [-0.15, -0.1) is 0 Å². The zero-order valence-corrected chi connectivity index (χ0v) is 11.1. The number of nitrogens with zero attached hydrogens (tertiary/aromatic N) is 1. The molecule has 0 aliphatic heterocycles. The van der Waals surface area contributed by atoms with Gasteiger partial charge in [0.1, 0.15) is 5.75 Å². The Labute approximate surface area is 111 Å². The molecule has 0 aliphatic rings. The second-order valence-electron chi connectivity index (χ2n) is 4.56. The molecule has 0 fully saturated rings. The molecule has 0 atom stereocenters. The highest BCUT2D eigenvalue weighted by Gasteiger charge is 2.12. The molecule has 1 aromatic carbocycles. The fraction of sp³-hybridized carbons (Fsp3) is 0.286. The van der Waals surface area contributed by atoms with E-state index in [1.54, 1.807) is 7.11 Å². The van der Waals surface area contributed by atoms with Gasteiger partial charge in [-0.3, -0.25) is 0 Å². The van der Waals surface area contributed by atoms with E-state index < -0.39 is 5.97 Å². The molecule has 100 valence electrons. The van der Waals surface area contributed by atoms with Crippen LogP contribution in [0.15, 0.2) is 24.4 Å². The lowest BCUT2D eigenvalue weighted by molar-refractivity contribution is 0.0685. The molecule has 0 amide bonds. The van der Waals surface area contributed by atoms with E-state index in [-0.39, 0.29) is 5.82 Å². The standard InChI is InChI=1S/C14H16N2O3/c1-8(2)10-6-9(4-5-12(10)19-3)11-7-15-13(16-11)14(17)18/h4-8H,1-3H3,(H,15,16)(H,17,18). The lowest BCUT2D eigenvalue weighted by Crippen LogP contribution is -1.98. The number of imidazole rings is 1. The number of aromatic nitrogens is 2. The third-order valence-electron chi connectivity index (χ3n) is 2.94. The number of hydrogen-bond acceptors (Lipinski definition) is 3. The number of ether oxygens (including phenoxy) is 1. The number of nitrogens with one attached hydrogen (secondary N) is 1. The molecule has 1 heterocycles. The average molecular weight is 260 g/mol. The van der Waals surface area contributed by atoms with Crippen LogP contribution in [0.25, 0.3) is 11.3 Å². The first-order valence-electron chi connectivity index (χ1n) is 5.99. The summed E-state index contributed by atoms with van der Waals surface area (Å²) in [6.45, 7) is 4.16. The first-order chi connectivity index (χ1) is 9.02. The van der Waals surface area contributed by atoms with Crippen LogP contribution in [0, 0.1) is 0 Å². The minimum atomic E-state index is -1.07. The molecule has 0 saturated heterocycles. The summed E-state index contributed by atoms with van der Waals surface area (Å²) in [5.41, 5.74) is 2.65. The molecule has 0 unspecified atom stereocenters. The van der Waals surface area contributed by atoms with Crippen molar-refractivity contribution >= 4 is 5.97 Å². The maximum Gasteiger partial charge on any atom is 0.371 e. The number of H-pyrrole nitrogens is 1. The number of methoxy groups -OCH3 is 1. The van der Waals surface area contributed by atoms with Gasteiger partial charge >= 0.3 is 5.97 Å². The fourth-order valence-electron chi connectivity index (χ4n) is 1.93. The third-order valence-corrected chi connectivity index (χ3v) is 2.94. The molecule has 2 N–H and O–H groups in total. The van der Waals surface area contributed by atoms with Crippen LogP contribution in [0.3, 0.4) is 0 Å². The fourth-order valence-corrected chi connectivity index (χ4v) is 1.93. The van der Waals surface area contributed by atoms with Crippen molar-refractivity contribution < 1.29 is 14.6 Å². The van der Waals surface area contributed by atoms with Crippen LogP contribution in [0.5, 0.6) is 5.75 Å². The van der Waals surface area contributed by atoms with E-state index in [0.29, 0.717) is 11.6 Å². The molecule has 19 heavy (non-hydrogen) atoms. The Morgan fingerprint density at radius 2 is 2.16 bits per heavy atom. The minimum Gasteiger partial charge on any atom is -0.496 e. The highest BCUT2D eigenvalue weighted by Crippen LogP contribution is 2.30. The highest BCUT2D eigenvalue weighted by molar-refractivity contribution is 5.84. The van der Waals surface area contributed by atoms with Crippen molar-refractivity contribution in [3.8, 4) is 17.0 Å². The summed E-state index contributed by atoms with van der Waals surface area (Å²) >= 11 is 0. The van der Waals surface area contributed by atoms with E-state index >= 15 is 0 Å². The first kappa shape index (κ1) is 13.1. The van der Waals surface area contributed by atoms with Crippen LogP contribution < -0.4 is 4.74 Å². The maximum absolute atomic E-state index is 10.8. The van der Waals surface area contributed by atoms with Gasteiger partial charge in [-0.05, 0) is 29.7 Å². The van der Waals surface area contributed by atoms with Crippen LogP contribution in [-0.4, -0.2) is 28.2 Å². The summed E-state index contributed by atoms with van der Waals surface area (Å²) in [4.78, 5) is 17.4. The van der Waals surface area contributed by atoms with E-state index in [4.69, 9.17) is 9.84 Å². The van der Waals surface area contributed by atoms with Crippen molar-refractivity contribution in [2.24, 2.45) is 0 Å². The lowest BCUT2D eigenvalue weighted by Gasteiger charge is -2.12. The molecule has 2 rings (SSSR count). The number of rotatable bonds is 4. The van der Waals surface area contributed by atoms with Crippen molar-refractivity contribution in [3.63, 3.8) is 0 Å². The molecular weight excluding hydrogens is 244 g/mol. The summed E-state index contributed by atoms with van der Waals surface area (Å²) in [6.07, 6.45) is 1.52. The summed E-state index contributed by atoms with van der Waals surface area (Å²) in [7, 11) is 1.64. The summed E-state index contributed by atoms with van der Waals surface area (Å²) in [6, 6.07) is 5.75. The number of carboxylic acids is 1. The molecule has 0 saturated carbocycles. The van der Waals surface area contributed by atoms with Crippen LogP contribution in [-0.2, 0) is 0 Å². The normalized spacial score (nSPS) is 10.7. The van der Waals surface area contributed by atoms with Crippen LogP contribution in [0.2, 0.25) is 0 Å². The predicted molar refractivity (Wildman–Crippen MR) is 71.6 cm³/mol. The van der Waals surface area contributed by atoms with Gasteiger partial charge in [-0.1, -0.05) is 13.8 Å². The van der Waals surface area contributed by atoms with Crippen LogP contribution in [0.1, 0.15) is 35.9 Å². The van der Waals surface area contributed by atoms with Gasteiger partial charge in [0, 0.05) is 5.56 Å². The Kier molecular flexibility index (Phi) is 3.55. The van der Waals surface area contributed by atoms with Crippen LogP contribution in [0.4, 0.5) is 0 Å². The van der Waals surface area contributed by atoms with E-state index in [9.17, 15) is 4.79 Å². The van der Waals surface area contributed by atoms with Crippen LogP contribution >= 0.6 is 0 Å². The average Bonchev–Trinajstić information content (AvgIpc) is 2.87. The molecule has 0 radical (unpaired) electrons. The molecule has 0 spiro atoms. The number of aromatic amines is 1.